The number of hydrogen-bond donors (Lipinski definition) is 2. The molecular formula is C39H50N2O3S. The monoisotopic (exact) mass is 626 g/mol. The second-order valence-corrected chi connectivity index (χ2v) is 14.7. The van der Waals surface area contributed by atoms with Crippen molar-refractivity contribution in [2.24, 2.45) is 0 Å². The molecule has 1 aliphatic rings. The summed E-state index contributed by atoms with van der Waals surface area (Å²) < 4.78 is 32.5. The molecular weight excluding hydrogens is 577 g/mol. The van der Waals surface area contributed by atoms with Gasteiger partial charge in [0.05, 0.1) is 17.0 Å². The second kappa shape index (κ2) is 15.7. The van der Waals surface area contributed by atoms with E-state index in [1.807, 2.05) is 88.4 Å². The molecule has 3 aromatic carbocycles. The van der Waals surface area contributed by atoms with Crippen LogP contribution in [0.25, 0.3) is 0 Å². The largest absolute Gasteiger partial charge is 0.347 e. The van der Waals surface area contributed by atoms with Crippen LogP contribution in [0, 0.1) is 0 Å². The summed E-state index contributed by atoms with van der Waals surface area (Å²) in [7, 11) is -4.04. The zero-order valence-electron chi connectivity index (χ0n) is 27.7. The number of hydrogen-bond acceptors (Lipinski definition) is 3. The van der Waals surface area contributed by atoms with Gasteiger partial charge in [-0.3, -0.25) is 4.79 Å². The summed E-state index contributed by atoms with van der Waals surface area (Å²) in [5, 5.41) is 3.24. The van der Waals surface area contributed by atoms with Crippen LogP contribution in [0.4, 0.5) is 0 Å². The Labute approximate surface area is 271 Å². The zero-order chi connectivity index (χ0) is 32.6. The molecule has 0 radical (unpaired) electrons. The van der Waals surface area contributed by atoms with Gasteiger partial charge in [-0.2, -0.15) is 0 Å². The molecule has 5 nitrogen and oxygen atoms in total. The lowest BCUT2D eigenvalue weighted by molar-refractivity contribution is -0.122. The van der Waals surface area contributed by atoms with Gasteiger partial charge in [0.2, 0.25) is 15.9 Å². The molecule has 0 unspecified atom stereocenters. The predicted molar refractivity (Wildman–Crippen MR) is 186 cm³/mol. The number of amides is 1. The summed E-state index contributed by atoms with van der Waals surface area (Å²) in [6, 6.07) is 22.0. The molecule has 2 N–H and O–H groups in total. The molecule has 0 heterocycles. The van der Waals surface area contributed by atoms with Crippen LogP contribution < -0.4 is 10.0 Å². The van der Waals surface area contributed by atoms with Crippen molar-refractivity contribution in [2.75, 3.05) is 0 Å². The number of benzene rings is 3. The maximum atomic E-state index is 14.7. The van der Waals surface area contributed by atoms with Crippen molar-refractivity contribution in [3.05, 3.63) is 124 Å². The third kappa shape index (κ3) is 9.05. The third-order valence-corrected chi connectivity index (χ3v) is 10.2. The summed E-state index contributed by atoms with van der Waals surface area (Å²) >= 11 is 0. The number of rotatable bonds is 14. The van der Waals surface area contributed by atoms with Gasteiger partial charge in [0.1, 0.15) is 0 Å². The van der Waals surface area contributed by atoms with Crippen LogP contribution in [0.3, 0.4) is 0 Å². The molecule has 1 amide bonds. The first-order valence-corrected chi connectivity index (χ1v) is 17.9. The van der Waals surface area contributed by atoms with E-state index < -0.39 is 22.1 Å². The van der Waals surface area contributed by atoms with Crippen molar-refractivity contribution < 1.29 is 13.2 Å². The summed E-state index contributed by atoms with van der Waals surface area (Å²) in [6.07, 6.45) is 10.5. The molecule has 0 aromatic heterocycles. The van der Waals surface area contributed by atoms with Gasteiger partial charge in [0.25, 0.3) is 0 Å². The van der Waals surface area contributed by atoms with Crippen LogP contribution >= 0.6 is 0 Å². The second-order valence-electron chi connectivity index (χ2n) is 13.1. The predicted octanol–water partition coefficient (Wildman–Crippen LogP) is 9.38. The van der Waals surface area contributed by atoms with Crippen molar-refractivity contribution in [3.63, 3.8) is 0 Å². The maximum Gasteiger partial charge on any atom is 0.241 e. The Morgan fingerprint density at radius 3 is 1.78 bits per heavy atom. The first-order valence-electron chi connectivity index (χ1n) is 16.4. The Kier molecular flexibility index (Phi) is 12.0. The Balaban J connectivity index is 1.75. The standard InChI is InChI=1S/C39H50N2O3S/c1-27(2)33-25-34(28(3)4)39(35(26-33)29(5)6)45(43,44)41-38(32-22-14-9-15-23-32)37(31-20-12-8-13-21-31)40-36(42)24-16-19-30-17-10-7-11-18-30/h7-10,12-15,18,20-23,25-29,37-38,41H,11,16-17,19,24H2,1-6H3,(H,40,42)/t37-,38-/m0/s1. The number of allylic oxidation sites excluding steroid dienone is 4. The normalized spacial score (nSPS) is 14.9. The molecule has 240 valence electrons. The lowest BCUT2D eigenvalue weighted by Gasteiger charge is -2.31. The Bertz CT molecular complexity index is 1560. The van der Waals surface area contributed by atoms with Gasteiger partial charge in [-0.05, 0) is 71.3 Å². The molecule has 0 fully saturated rings. The zero-order valence-corrected chi connectivity index (χ0v) is 28.5. The molecule has 1 aliphatic carbocycles. The Hall–Kier alpha value is -3.48. The fourth-order valence-electron chi connectivity index (χ4n) is 6.01. The molecule has 0 spiro atoms. The van der Waals surface area contributed by atoms with E-state index in [-0.39, 0.29) is 23.7 Å². The first kappa shape index (κ1) is 34.4. The average Bonchev–Trinajstić information content (AvgIpc) is 3.03. The van der Waals surface area contributed by atoms with E-state index in [0.717, 1.165) is 53.5 Å². The average molecular weight is 627 g/mol. The van der Waals surface area contributed by atoms with Crippen LogP contribution in [-0.2, 0) is 14.8 Å². The van der Waals surface area contributed by atoms with Crippen LogP contribution in [-0.4, -0.2) is 14.3 Å². The minimum atomic E-state index is -4.04. The fraction of sp³-hybridized carbons (Fsp3) is 0.410. The van der Waals surface area contributed by atoms with E-state index in [1.54, 1.807) is 0 Å². The van der Waals surface area contributed by atoms with Crippen LogP contribution in [0.1, 0.15) is 131 Å². The highest BCUT2D eigenvalue weighted by molar-refractivity contribution is 7.89. The number of carbonyl (C=O) groups is 1. The van der Waals surface area contributed by atoms with Gasteiger partial charge in [-0.15, -0.1) is 0 Å². The molecule has 6 heteroatoms. The van der Waals surface area contributed by atoms with Crippen LogP contribution in [0.15, 0.2) is 101 Å². The van der Waals surface area contributed by atoms with E-state index in [0.29, 0.717) is 11.3 Å². The molecule has 0 saturated heterocycles. The van der Waals surface area contributed by atoms with Gasteiger partial charge >= 0.3 is 0 Å². The number of carbonyl (C=O) groups excluding carboxylic acids is 1. The maximum absolute atomic E-state index is 14.7. The first-order chi connectivity index (χ1) is 21.5. The van der Waals surface area contributed by atoms with Gasteiger partial charge in [0, 0.05) is 6.42 Å². The van der Waals surface area contributed by atoms with Gasteiger partial charge in [-0.25, -0.2) is 13.1 Å². The number of nitrogens with one attached hydrogen (secondary N) is 2. The minimum Gasteiger partial charge on any atom is -0.347 e. The lowest BCUT2D eigenvalue weighted by atomic mass is 9.89. The molecule has 2 atom stereocenters. The summed E-state index contributed by atoms with van der Waals surface area (Å²) in [6.45, 7) is 12.5. The third-order valence-electron chi connectivity index (χ3n) is 8.59. The van der Waals surface area contributed by atoms with Crippen LogP contribution in [0.2, 0.25) is 0 Å². The van der Waals surface area contributed by atoms with Gasteiger partial charge < -0.3 is 5.32 Å². The smallest absolute Gasteiger partial charge is 0.241 e. The number of sulfonamides is 1. The fourth-order valence-corrected chi connectivity index (χ4v) is 7.94. The molecule has 3 aromatic rings. The highest BCUT2D eigenvalue weighted by Gasteiger charge is 2.34. The van der Waals surface area contributed by atoms with Crippen molar-refractivity contribution in [1.29, 1.82) is 0 Å². The molecule has 0 bridgehead atoms. The minimum absolute atomic E-state index is 0.00217. The van der Waals surface area contributed by atoms with Crippen molar-refractivity contribution in [1.82, 2.24) is 10.0 Å². The van der Waals surface area contributed by atoms with Crippen molar-refractivity contribution in [3.8, 4) is 0 Å². The summed E-state index contributed by atoms with van der Waals surface area (Å²) in [4.78, 5) is 13.9. The highest BCUT2D eigenvalue weighted by Crippen LogP contribution is 2.37. The molecule has 0 saturated carbocycles. The molecule has 0 aliphatic heterocycles. The van der Waals surface area contributed by atoms with Crippen LogP contribution in [0.5, 0.6) is 0 Å². The van der Waals surface area contributed by atoms with E-state index in [9.17, 15) is 13.2 Å². The summed E-state index contributed by atoms with van der Waals surface area (Å²) in [5.74, 6) is 0.179. The summed E-state index contributed by atoms with van der Waals surface area (Å²) in [5.41, 5.74) is 5.75. The molecule has 4 rings (SSSR count). The highest BCUT2D eigenvalue weighted by atomic mass is 32.2. The van der Waals surface area contributed by atoms with E-state index in [1.165, 1.54) is 5.57 Å². The Morgan fingerprint density at radius 2 is 1.29 bits per heavy atom. The Morgan fingerprint density at radius 1 is 0.733 bits per heavy atom. The van der Waals surface area contributed by atoms with E-state index >= 15 is 0 Å². The van der Waals surface area contributed by atoms with E-state index in [2.05, 4.69) is 54.2 Å². The van der Waals surface area contributed by atoms with Crippen molar-refractivity contribution in [2.45, 2.75) is 108 Å². The van der Waals surface area contributed by atoms with Gasteiger partial charge in [-0.1, -0.05) is 138 Å². The van der Waals surface area contributed by atoms with E-state index in [4.69, 9.17) is 0 Å². The quantitative estimate of drug-likeness (QED) is 0.175. The lowest BCUT2D eigenvalue weighted by Crippen LogP contribution is -2.41. The van der Waals surface area contributed by atoms with Gasteiger partial charge in [0.15, 0.2) is 0 Å². The topological polar surface area (TPSA) is 75.3 Å². The van der Waals surface area contributed by atoms with Crippen molar-refractivity contribution >= 4 is 15.9 Å². The molecule has 45 heavy (non-hydrogen) atoms. The SMILES string of the molecule is CC(C)c1cc(C(C)C)c(S(=O)(=O)N[C@@H](c2ccccc2)[C@@H](NC(=O)CCCC2=CCC=CC2)c2ccccc2)c(C(C)C)c1.